The molecule has 0 saturated carbocycles. The molecule has 2 aromatic rings. The van der Waals surface area contributed by atoms with Crippen LogP contribution in [0.2, 0.25) is 0 Å². The first kappa shape index (κ1) is 20.5. The Morgan fingerprint density at radius 3 is 2.50 bits per heavy atom. The van der Waals surface area contributed by atoms with Crippen molar-refractivity contribution in [1.82, 2.24) is 5.32 Å². The highest BCUT2D eigenvalue weighted by Crippen LogP contribution is 2.34. The summed E-state index contributed by atoms with van der Waals surface area (Å²) in [4.78, 5) is 13.5. The molecule has 1 aromatic carbocycles. The molecule has 2 nitrogen and oxygen atoms in total. The van der Waals surface area contributed by atoms with Crippen molar-refractivity contribution in [3.8, 4) is 10.4 Å². The third kappa shape index (κ3) is 5.87. The van der Waals surface area contributed by atoms with Gasteiger partial charge in [-0.3, -0.25) is 4.79 Å². The van der Waals surface area contributed by atoms with Crippen LogP contribution in [0, 0.1) is 5.92 Å². The van der Waals surface area contributed by atoms with Gasteiger partial charge in [-0.05, 0) is 49.1 Å². The van der Waals surface area contributed by atoms with E-state index in [1.165, 1.54) is 17.4 Å². The minimum absolute atomic E-state index is 0.0698. The molecule has 2 rings (SSSR count). The summed E-state index contributed by atoms with van der Waals surface area (Å²) < 4.78 is 38.6. The van der Waals surface area contributed by atoms with Gasteiger partial charge in [-0.1, -0.05) is 38.8 Å². The number of amides is 1. The monoisotopic (exact) mass is 383 g/mol. The van der Waals surface area contributed by atoms with Gasteiger partial charge in [0.1, 0.15) is 0 Å². The standard InChI is InChI=1S/C20H24F3NOS/c1-13(2)6-4-7-14(3)24-19(25)18-11-10-17(26-18)15-8-5-9-16(12-15)20(21,22)23/h5,8-14H,4,6-7H2,1-3H3,(H,24,25)/t14-/m1/s1. The molecule has 0 spiro atoms. The van der Waals surface area contributed by atoms with Gasteiger partial charge in [-0.15, -0.1) is 11.3 Å². The third-order valence-electron chi connectivity index (χ3n) is 4.10. The van der Waals surface area contributed by atoms with E-state index in [4.69, 9.17) is 0 Å². The van der Waals surface area contributed by atoms with E-state index >= 15 is 0 Å². The average Bonchev–Trinajstić information content (AvgIpc) is 3.04. The van der Waals surface area contributed by atoms with Crippen LogP contribution in [0.5, 0.6) is 0 Å². The van der Waals surface area contributed by atoms with Crippen LogP contribution in [-0.4, -0.2) is 11.9 Å². The number of hydrogen-bond acceptors (Lipinski definition) is 2. The molecule has 26 heavy (non-hydrogen) atoms. The van der Waals surface area contributed by atoms with Crippen LogP contribution in [0.1, 0.15) is 55.3 Å². The number of carbonyl (C=O) groups excluding carboxylic acids is 1. The number of thiophene rings is 1. The summed E-state index contributed by atoms with van der Waals surface area (Å²) in [7, 11) is 0. The van der Waals surface area contributed by atoms with Crippen molar-refractivity contribution in [2.75, 3.05) is 0 Å². The zero-order valence-electron chi connectivity index (χ0n) is 15.2. The third-order valence-corrected chi connectivity index (χ3v) is 5.23. The van der Waals surface area contributed by atoms with Crippen LogP contribution in [0.25, 0.3) is 10.4 Å². The predicted molar refractivity (Wildman–Crippen MR) is 100 cm³/mol. The number of hydrogen-bond donors (Lipinski definition) is 1. The maximum absolute atomic E-state index is 12.9. The summed E-state index contributed by atoms with van der Waals surface area (Å²) in [5.41, 5.74) is -0.220. The maximum atomic E-state index is 12.9. The summed E-state index contributed by atoms with van der Waals surface area (Å²) in [5.74, 6) is 0.468. The lowest BCUT2D eigenvalue weighted by atomic mass is 10.0. The molecule has 142 valence electrons. The van der Waals surface area contributed by atoms with Crippen molar-refractivity contribution in [1.29, 1.82) is 0 Å². The first-order valence-corrected chi connectivity index (χ1v) is 9.57. The maximum Gasteiger partial charge on any atom is 0.416 e. The Hall–Kier alpha value is -1.82. The van der Waals surface area contributed by atoms with Gasteiger partial charge in [0, 0.05) is 10.9 Å². The lowest BCUT2D eigenvalue weighted by Gasteiger charge is -2.13. The Morgan fingerprint density at radius 1 is 1.12 bits per heavy atom. The first-order valence-electron chi connectivity index (χ1n) is 8.75. The second kappa shape index (κ2) is 8.71. The first-order chi connectivity index (χ1) is 12.2. The van der Waals surface area contributed by atoms with Gasteiger partial charge in [-0.25, -0.2) is 0 Å². The summed E-state index contributed by atoms with van der Waals surface area (Å²) >= 11 is 1.20. The van der Waals surface area contributed by atoms with Crippen LogP contribution in [0.3, 0.4) is 0 Å². The van der Waals surface area contributed by atoms with Gasteiger partial charge in [0.05, 0.1) is 10.4 Å². The molecule has 6 heteroatoms. The number of nitrogens with one attached hydrogen (secondary N) is 1. The molecule has 0 radical (unpaired) electrons. The Labute approximate surface area is 156 Å². The number of rotatable bonds is 7. The lowest BCUT2D eigenvalue weighted by molar-refractivity contribution is -0.137. The zero-order valence-corrected chi connectivity index (χ0v) is 16.0. The molecular weight excluding hydrogens is 359 g/mol. The number of carbonyl (C=O) groups is 1. The Balaban J connectivity index is 2.02. The van der Waals surface area contributed by atoms with Crippen molar-refractivity contribution < 1.29 is 18.0 Å². The van der Waals surface area contributed by atoms with E-state index in [2.05, 4.69) is 19.2 Å². The average molecular weight is 383 g/mol. The van der Waals surface area contributed by atoms with Gasteiger partial charge < -0.3 is 5.32 Å². The van der Waals surface area contributed by atoms with Gasteiger partial charge in [0.2, 0.25) is 0 Å². The Kier molecular flexibility index (Phi) is 6.87. The van der Waals surface area contributed by atoms with Crippen molar-refractivity contribution in [3.05, 3.63) is 46.8 Å². The van der Waals surface area contributed by atoms with E-state index in [1.807, 2.05) is 6.92 Å². The molecule has 1 amide bonds. The van der Waals surface area contributed by atoms with Crippen molar-refractivity contribution in [2.24, 2.45) is 5.92 Å². The Bertz CT molecular complexity index is 737. The number of halogens is 3. The fourth-order valence-electron chi connectivity index (χ4n) is 2.66. The summed E-state index contributed by atoms with van der Waals surface area (Å²) in [6, 6.07) is 8.59. The van der Waals surface area contributed by atoms with E-state index in [-0.39, 0.29) is 11.9 Å². The molecule has 0 bridgehead atoms. The van der Waals surface area contributed by atoms with Gasteiger partial charge in [0.25, 0.3) is 5.91 Å². The summed E-state index contributed by atoms with van der Waals surface area (Å²) in [6.07, 6.45) is -1.29. The van der Waals surface area contributed by atoms with Crippen molar-refractivity contribution >= 4 is 17.2 Å². The lowest BCUT2D eigenvalue weighted by Crippen LogP contribution is -2.31. The highest BCUT2D eigenvalue weighted by atomic mass is 32.1. The fourth-order valence-corrected chi connectivity index (χ4v) is 3.57. The smallest absolute Gasteiger partial charge is 0.349 e. The largest absolute Gasteiger partial charge is 0.416 e. The molecule has 1 heterocycles. The fraction of sp³-hybridized carbons (Fsp3) is 0.450. The minimum atomic E-state index is -4.38. The SMILES string of the molecule is CC(C)CCC[C@@H](C)NC(=O)c1ccc(-c2cccc(C(F)(F)F)c2)s1. The molecule has 0 aliphatic carbocycles. The van der Waals surface area contributed by atoms with Crippen LogP contribution in [-0.2, 0) is 6.18 Å². The molecule has 0 unspecified atom stereocenters. The molecule has 0 aliphatic rings. The quantitative estimate of drug-likeness (QED) is 0.591. The molecule has 0 aliphatic heterocycles. The highest BCUT2D eigenvalue weighted by Gasteiger charge is 2.30. The van der Waals surface area contributed by atoms with E-state index in [0.717, 1.165) is 31.4 Å². The number of alkyl halides is 3. The zero-order chi connectivity index (χ0) is 19.3. The van der Waals surface area contributed by atoms with Crippen molar-refractivity contribution in [3.63, 3.8) is 0 Å². The summed E-state index contributed by atoms with van der Waals surface area (Å²) in [6.45, 7) is 6.31. The van der Waals surface area contributed by atoms with Gasteiger partial charge >= 0.3 is 6.18 Å². The molecule has 1 atom stereocenters. The molecule has 1 aromatic heterocycles. The minimum Gasteiger partial charge on any atom is -0.349 e. The van der Waals surface area contributed by atoms with Crippen LogP contribution in [0.15, 0.2) is 36.4 Å². The van der Waals surface area contributed by atoms with Gasteiger partial charge in [0.15, 0.2) is 0 Å². The molecule has 0 saturated heterocycles. The van der Waals surface area contributed by atoms with Crippen LogP contribution >= 0.6 is 11.3 Å². The second-order valence-corrected chi connectivity index (χ2v) is 8.03. The molecule has 0 fully saturated rings. The van der Waals surface area contributed by atoms with E-state index in [0.29, 0.717) is 21.2 Å². The van der Waals surface area contributed by atoms with E-state index in [1.54, 1.807) is 18.2 Å². The Morgan fingerprint density at radius 2 is 1.85 bits per heavy atom. The topological polar surface area (TPSA) is 29.1 Å². The van der Waals surface area contributed by atoms with E-state index < -0.39 is 11.7 Å². The predicted octanol–water partition coefficient (Wildman–Crippen LogP) is 6.38. The van der Waals surface area contributed by atoms with E-state index in [9.17, 15) is 18.0 Å². The normalized spacial score (nSPS) is 13.0. The van der Waals surface area contributed by atoms with Crippen molar-refractivity contribution in [2.45, 2.75) is 52.3 Å². The number of benzene rings is 1. The second-order valence-electron chi connectivity index (χ2n) is 6.94. The molecular formula is C20H24F3NOS. The summed E-state index contributed by atoms with van der Waals surface area (Å²) in [5, 5.41) is 2.96. The van der Waals surface area contributed by atoms with Gasteiger partial charge in [-0.2, -0.15) is 13.2 Å². The van der Waals surface area contributed by atoms with Crippen LogP contribution < -0.4 is 5.32 Å². The van der Waals surface area contributed by atoms with Crippen LogP contribution in [0.4, 0.5) is 13.2 Å². The highest BCUT2D eigenvalue weighted by molar-refractivity contribution is 7.17. The molecule has 1 N–H and O–H groups in total.